The number of alkyl halides is 1. The molecule has 1 N–H and O–H groups in total. The molecule has 0 saturated carbocycles. The van der Waals surface area contributed by atoms with E-state index in [0.717, 1.165) is 24.5 Å². The Morgan fingerprint density at radius 2 is 1.81 bits per heavy atom. The van der Waals surface area contributed by atoms with Gasteiger partial charge in [-0.2, -0.15) is 0 Å². The van der Waals surface area contributed by atoms with Crippen LogP contribution in [0.5, 0.6) is 0 Å². The highest BCUT2D eigenvalue weighted by Crippen LogP contribution is 2.11. The fourth-order valence-corrected chi connectivity index (χ4v) is 2.16. The van der Waals surface area contributed by atoms with Gasteiger partial charge in [0.1, 0.15) is 0 Å². The molecule has 0 bridgehead atoms. The van der Waals surface area contributed by atoms with E-state index in [1.54, 1.807) is 0 Å². The van der Waals surface area contributed by atoms with Crippen LogP contribution in [-0.2, 0) is 6.54 Å². The molecule has 0 aromatic heterocycles. The smallest absolute Gasteiger partial charge is 0.0463 e. The first-order valence-corrected chi connectivity index (χ1v) is 6.48. The average molecular weight is 260 g/mol. The minimum Gasteiger partial charge on any atom is -0.311 e. The van der Waals surface area contributed by atoms with Crippen molar-refractivity contribution in [3.63, 3.8) is 0 Å². The summed E-state index contributed by atoms with van der Waals surface area (Å²) in [4.78, 5) is 0. The third kappa shape index (κ3) is 5.74. The summed E-state index contributed by atoms with van der Waals surface area (Å²) in [7, 11) is 0. The number of halogens is 2. The summed E-state index contributed by atoms with van der Waals surface area (Å²) in [6, 6.07) is 7.87. The molecule has 0 aliphatic heterocycles. The molecule has 1 atom stereocenters. The number of hydrogen-bond donors (Lipinski definition) is 1. The van der Waals surface area contributed by atoms with Gasteiger partial charge in [-0.3, -0.25) is 0 Å². The Kier molecular flexibility index (Phi) is 6.18. The topological polar surface area (TPSA) is 12.0 Å². The summed E-state index contributed by atoms with van der Waals surface area (Å²) in [6.45, 7) is 6.07. The average Bonchev–Trinajstić information content (AvgIpc) is 2.20. The van der Waals surface area contributed by atoms with Crippen LogP contribution < -0.4 is 5.32 Å². The Bertz CT molecular complexity index is 295. The van der Waals surface area contributed by atoms with Crippen molar-refractivity contribution in [3.8, 4) is 0 Å². The van der Waals surface area contributed by atoms with Crippen LogP contribution >= 0.6 is 23.2 Å². The lowest BCUT2D eigenvalue weighted by atomic mass is 10.1. The lowest BCUT2D eigenvalue weighted by molar-refractivity contribution is 0.533. The maximum absolute atomic E-state index is 6.18. The third-order valence-electron chi connectivity index (χ3n) is 2.34. The van der Waals surface area contributed by atoms with E-state index < -0.39 is 0 Å². The van der Waals surface area contributed by atoms with Crippen molar-refractivity contribution < 1.29 is 0 Å². The quantitative estimate of drug-likeness (QED) is 0.760. The van der Waals surface area contributed by atoms with Gasteiger partial charge in [0.25, 0.3) is 0 Å². The first-order valence-electron chi connectivity index (χ1n) is 5.67. The van der Waals surface area contributed by atoms with Crippen molar-refractivity contribution in [2.24, 2.45) is 5.92 Å². The molecule has 0 aliphatic carbocycles. The van der Waals surface area contributed by atoms with Crippen molar-refractivity contribution in [1.82, 2.24) is 5.32 Å². The SMILES string of the molecule is CC(C)CC(Cl)CNCc1ccc(Cl)cc1. The van der Waals surface area contributed by atoms with Gasteiger partial charge < -0.3 is 5.32 Å². The molecule has 0 saturated heterocycles. The van der Waals surface area contributed by atoms with E-state index in [2.05, 4.69) is 19.2 Å². The van der Waals surface area contributed by atoms with E-state index in [9.17, 15) is 0 Å². The molecule has 1 unspecified atom stereocenters. The Balaban J connectivity index is 2.22. The molecule has 0 aliphatic rings. The summed E-state index contributed by atoms with van der Waals surface area (Å²) in [6.07, 6.45) is 1.05. The zero-order valence-electron chi connectivity index (χ0n) is 9.84. The molecule has 0 amide bonds. The van der Waals surface area contributed by atoms with Crippen LogP contribution in [0.2, 0.25) is 5.02 Å². The Morgan fingerprint density at radius 1 is 1.19 bits per heavy atom. The van der Waals surface area contributed by atoms with Gasteiger partial charge in [0.05, 0.1) is 0 Å². The lowest BCUT2D eigenvalue weighted by Crippen LogP contribution is -2.23. The standard InChI is InChI=1S/C13H19Cl2N/c1-10(2)7-13(15)9-16-8-11-3-5-12(14)6-4-11/h3-6,10,13,16H,7-9H2,1-2H3. The van der Waals surface area contributed by atoms with Crippen LogP contribution in [-0.4, -0.2) is 11.9 Å². The van der Waals surface area contributed by atoms with Crippen LogP contribution in [0.4, 0.5) is 0 Å². The van der Waals surface area contributed by atoms with Crippen LogP contribution in [0.25, 0.3) is 0 Å². The highest BCUT2D eigenvalue weighted by atomic mass is 35.5. The van der Waals surface area contributed by atoms with Crippen molar-refractivity contribution in [3.05, 3.63) is 34.9 Å². The molecule has 0 heterocycles. The second kappa shape index (κ2) is 7.16. The van der Waals surface area contributed by atoms with Crippen LogP contribution in [0, 0.1) is 5.92 Å². The van der Waals surface area contributed by atoms with Gasteiger partial charge >= 0.3 is 0 Å². The van der Waals surface area contributed by atoms with Gasteiger partial charge in [-0.15, -0.1) is 11.6 Å². The highest BCUT2D eigenvalue weighted by molar-refractivity contribution is 6.30. The summed E-state index contributed by atoms with van der Waals surface area (Å²) in [5, 5.41) is 4.34. The molecule has 90 valence electrons. The normalized spacial score (nSPS) is 13.1. The maximum Gasteiger partial charge on any atom is 0.0463 e. The van der Waals surface area contributed by atoms with Crippen molar-refractivity contribution in [2.45, 2.75) is 32.2 Å². The Hall–Kier alpha value is -0.240. The summed E-state index contributed by atoms with van der Waals surface area (Å²) >= 11 is 12.0. The number of rotatable bonds is 6. The van der Waals surface area contributed by atoms with Gasteiger partial charge in [0, 0.05) is 23.5 Å². The highest BCUT2D eigenvalue weighted by Gasteiger charge is 2.06. The van der Waals surface area contributed by atoms with E-state index >= 15 is 0 Å². The van der Waals surface area contributed by atoms with Gasteiger partial charge in [0.2, 0.25) is 0 Å². The molecule has 1 rings (SSSR count). The van der Waals surface area contributed by atoms with Gasteiger partial charge in [-0.25, -0.2) is 0 Å². The Morgan fingerprint density at radius 3 is 2.38 bits per heavy atom. The van der Waals surface area contributed by atoms with Gasteiger partial charge in [-0.05, 0) is 30.0 Å². The Labute approximate surface area is 108 Å². The van der Waals surface area contributed by atoms with Crippen LogP contribution in [0.15, 0.2) is 24.3 Å². The van der Waals surface area contributed by atoms with Crippen LogP contribution in [0.3, 0.4) is 0 Å². The first-order chi connectivity index (χ1) is 7.58. The van der Waals surface area contributed by atoms with Crippen molar-refractivity contribution in [1.29, 1.82) is 0 Å². The zero-order chi connectivity index (χ0) is 12.0. The van der Waals surface area contributed by atoms with Crippen molar-refractivity contribution >= 4 is 23.2 Å². The lowest BCUT2D eigenvalue weighted by Gasteiger charge is -2.12. The zero-order valence-corrected chi connectivity index (χ0v) is 11.4. The van der Waals surface area contributed by atoms with Gasteiger partial charge in [0.15, 0.2) is 0 Å². The molecule has 1 aromatic rings. The second-order valence-corrected chi connectivity index (χ2v) is 5.54. The molecule has 1 aromatic carbocycles. The molecule has 3 heteroatoms. The minimum atomic E-state index is 0.215. The number of hydrogen-bond acceptors (Lipinski definition) is 1. The summed E-state index contributed by atoms with van der Waals surface area (Å²) in [5.41, 5.74) is 1.23. The molecule has 0 spiro atoms. The van der Waals surface area contributed by atoms with Crippen LogP contribution in [0.1, 0.15) is 25.8 Å². The molecule has 0 fully saturated rings. The first kappa shape index (κ1) is 13.8. The minimum absolute atomic E-state index is 0.215. The molecule has 0 radical (unpaired) electrons. The fraction of sp³-hybridized carbons (Fsp3) is 0.538. The van der Waals surface area contributed by atoms with Crippen molar-refractivity contribution in [2.75, 3.05) is 6.54 Å². The predicted molar refractivity (Wildman–Crippen MR) is 72.3 cm³/mol. The van der Waals surface area contributed by atoms with Gasteiger partial charge in [-0.1, -0.05) is 37.6 Å². The number of nitrogens with one attached hydrogen (secondary N) is 1. The van der Waals surface area contributed by atoms with E-state index in [-0.39, 0.29) is 5.38 Å². The van der Waals surface area contributed by atoms with E-state index in [1.165, 1.54) is 5.56 Å². The fourth-order valence-electron chi connectivity index (χ4n) is 1.57. The predicted octanol–water partition coefficient (Wildman–Crippen LogP) is 4.08. The molecular formula is C13H19Cl2N. The molecule has 16 heavy (non-hydrogen) atoms. The molecular weight excluding hydrogens is 241 g/mol. The van der Waals surface area contributed by atoms with E-state index in [4.69, 9.17) is 23.2 Å². The second-order valence-electron chi connectivity index (χ2n) is 4.48. The maximum atomic E-state index is 6.18. The summed E-state index contributed by atoms with van der Waals surface area (Å²) < 4.78 is 0. The monoisotopic (exact) mass is 259 g/mol. The van der Waals surface area contributed by atoms with E-state index in [0.29, 0.717) is 5.92 Å². The van der Waals surface area contributed by atoms with E-state index in [1.807, 2.05) is 24.3 Å². The molecule has 1 nitrogen and oxygen atoms in total. The summed E-state index contributed by atoms with van der Waals surface area (Å²) in [5.74, 6) is 0.653. The largest absolute Gasteiger partial charge is 0.311 e. The third-order valence-corrected chi connectivity index (χ3v) is 2.92. The number of benzene rings is 1.